The molecule has 40 heavy (non-hydrogen) atoms. The number of ether oxygens (including phenoxy) is 2. The molecule has 11 nitrogen and oxygen atoms in total. The highest BCUT2D eigenvalue weighted by atomic mass is 35.5. The van der Waals surface area contributed by atoms with Crippen molar-refractivity contribution in [3.05, 3.63) is 104 Å². The number of rotatable bonds is 10. The molecule has 2 atom stereocenters. The summed E-state index contributed by atoms with van der Waals surface area (Å²) >= 11 is 5.61. The minimum Gasteiger partial charge on any atom is -0.375 e. The Morgan fingerprint density at radius 3 is 1.85 bits per heavy atom. The highest BCUT2D eigenvalue weighted by molar-refractivity contribution is 6.29. The van der Waals surface area contributed by atoms with Crippen molar-refractivity contribution >= 4 is 29.4 Å². The van der Waals surface area contributed by atoms with Crippen molar-refractivity contribution < 1.29 is 23.9 Å². The van der Waals surface area contributed by atoms with Gasteiger partial charge in [-0.3, -0.25) is 34.2 Å². The average Bonchev–Trinajstić information content (AvgIpc) is 2.89. The van der Waals surface area contributed by atoms with Gasteiger partial charge in [-0.2, -0.15) is 0 Å². The maximum Gasteiger partial charge on any atom is 0.331 e. The van der Waals surface area contributed by atoms with Gasteiger partial charge in [0.1, 0.15) is 11.6 Å². The molecule has 1 aliphatic rings. The van der Waals surface area contributed by atoms with Gasteiger partial charge in [-0.15, -0.1) is 0 Å². The van der Waals surface area contributed by atoms with E-state index in [1.165, 1.54) is 6.07 Å². The molecule has 0 aliphatic carbocycles. The van der Waals surface area contributed by atoms with E-state index in [9.17, 15) is 24.0 Å². The zero-order chi connectivity index (χ0) is 29.1. The molecule has 1 aromatic heterocycles. The molecule has 2 aromatic carbocycles. The summed E-state index contributed by atoms with van der Waals surface area (Å²) in [5, 5.41) is 2.16. The van der Waals surface area contributed by atoms with Crippen LogP contribution in [0.2, 0.25) is 5.15 Å². The zero-order valence-corrected chi connectivity index (χ0v) is 22.9. The maximum atomic E-state index is 11.7. The lowest BCUT2D eigenvalue weighted by atomic mass is 10.2. The first kappa shape index (κ1) is 30.5. The van der Waals surface area contributed by atoms with Crippen molar-refractivity contribution in [3.63, 3.8) is 0 Å². The maximum absolute atomic E-state index is 11.7. The van der Waals surface area contributed by atoms with E-state index in [-0.39, 0.29) is 30.8 Å². The van der Waals surface area contributed by atoms with Crippen LogP contribution < -0.4 is 16.6 Å². The molecule has 2 N–H and O–H groups in total. The molecular formula is C28H31ClN4O7. The first-order valence-electron chi connectivity index (χ1n) is 12.6. The van der Waals surface area contributed by atoms with Crippen LogP contribution in [0.3, 0.4) is 0 Å². The van der Waals surface area contributed by atoms with Crippen molar-refractivity contribution in [3.8, 4) is 0 Å². The molecule has 1 fully saturated rings. The molecule has 0 bridgehead atoms. The Hall–Kier alpha value is -4.06. The quantitative estimate of drug-likeness (QED) is 0.282. The molecular weight excluding hydrogens is 540 g/mol. The number of aromatic amines is 1. The molecule has 12 heteroatoms. The van der Waals surface area contributed by atoms with Crippen LogP contribution in [0.25, 0.3) is 0 Å². The van der Waals surface area contributed by atoms with E-state index in [0.29, 0.717) is 13.2 Å². The van der Waals surface area contributed by atoms with Gasteiger partial charge in [0, 0.05) is 6.07 Å². The van der Waals surface area contributed by atoms with Crippen molar-refractivity contribution in [1.82, 2.24) is 19.8 Å². The number of amides is 4. The number of nitrogens with zero attached hydrogens (tertiary/aromatic N) is 2. The lowest BCUT2D eigenvalue weighted by Crippen LogP contribution is -2.56. The third kappa shape index (κ3) is 9.01. The average molecular weight is 571 g/mol. The van der Waals surface area contributed by atoms with E-state index >= 15 is 0 Å². The van der Waals surface area contributed by atoms with Crippen LogP contribution in [-0.4, -0.2) is 51.6 Å². The molecule has 212 valence electrons. The SMILES string of the molecule is C[C@H](COCc1ccccc1)N1C(=O)CC(=O)NC1=O.C[C@H](COCc1ccccc1)n1c(=O)cc(Cl)[nH]c1=O. The van der Waals surface area contributed by atoms with Gasteiger partial charge in [-0.25, -0.2) is 9.59 Å². The smallest absolute Gasteiger partial charge is 0.331 e. The van der Waals surface area contributed by atoms with Crippen LogP contribution >= 0.6 is 11.6 Å². The van der Waals surface area contributed by atoms with Crippen LogP contribution in [0.1, 0.15) is 37.4 Å². The van der Waals surface area contributed by atoms with E-state index in [1.54, 1.807) is 13.8 Å². The molecule has 1 saturated heterocycles. The Balaban J connectivity index is 0.000000220. The number of urea groups is 1. The summed E-state index contributed by atoms with van der Waals surface area (Å²) in [6.07, 6.45) is -0.297. The standard InChI is InChI=1S/C14H15ClN2O3.C14H16N2O4/c1-10(8-20-9-11-5-3-2-4-6-11)17-13(18)7-12(15)16-14(17)19;1-10(8-20-9-11-5-3-2-4-6-11)16-13(18)7-12(17)15-14(16)19/h2-7,10H,8-9H2,1H3,(H,16,19);2-6,10H,7-9H2,1H3,(H,15,17,19)/t2*10-/m11/s1. The molecule has 0 spiro atoms. The fourth-order valence-electron chi connectivity index (χ4n) is 3.89. The number of hydrogen-bond acceptors (Lipinski definition) is 7. The lowest BCUT2D eigenvalue weighted by molar-refractivity contribution is -0.138. The Morgan fingerprint density at radius 2 is 1.35 bits per heavy atom. The van der Waals surface area contributed by atoms with Gasteiger partial charge < -0.3 is 9.47 Å². The number of H-pyrrole nitrogens is 1. The molecule has 0 saturated carbocycles. The highest BCUT2D eigenvalue weighted by Crippen LogP contribution is 2.10. The Labute approximate surface area is 235 Å². The fourth-order valence-corrected chi connectivity index (χ4v) is 4.07. The summed E-state index contributed by atoms with van der Waals surface area (Å²) < 4.78 is 12.1. The zero-order valence-electron chi connectivity index (χ0n) is 22.2. The van der Waals surface area contributed by atoms with Gasteiger partial charge >= 0.3 is 11.7 Å². The van der Waals surface area contributed by atoms with E-state index in [2.05, 4.69) is 10.3 Å². The summed E-state index contributed by atoms with van der Waals surface area (Å²) in [4.78, 5) is 61.2. The first-order chi connectivity index (χ1) is 19.2. The van der Waals surface area contributed by atoms with Crippen LogP contribution in [0, 0.1) is 0 Å². The normalized spacial score (nSPS) is 14.7. The lowest BCUT2D eigenvalue weighted by Gasteiger charge is -2.30. The van der Waals surface area contributed by atoms with Crippen LogP contribution in [-0.2, 0) is 32.3 Å². The summed E-state index contributed by atoms with van der Waals surface area (Å²) in [5.74, 6) is -1.05. The molecule has 3 aromatic rings. The molecule has 1 aliphatic heterocycles. The Kier molecular flexibility index (Phi) is 11.4. The van der Waals surface area contributed by atoms with Crippen molar-refractivity contribution in [1.29, 1.82) is 0 Å². The second kappa shape index (κ2) is 14.9. The number of carbonyl (C=O) groups excluding carboxylic acids is 3. The molecule has 4 rings (SSSR count). The first-order valence-corrected chi connectivity index (χ1v) is 12.9. The monoisotopic (exact) mass is 570 g/mol. The minimum atomic E-state index is -0.679. The molecule has 0 unspecified atom stereocenters. The third-order valence-electron chi connectivity index (χ3n) is 5.80. The van der Waals surface area contributed by atoms with Crippen molar-refractivity contribution in [2.45, 2.75) is 45.6 Å². The van der Waals surface area contributed by atoms with Gasteiger partial charge in [0.05, 0.1) is 38.5 Å². The second-order valence-corrected chi connectivity index (χ2v) is 9.53. The van der Waals surface area contributed by atoms with Crippen LogP contribution in [0.5, 0.6) is 0 Å². The summed E-state index contributed by atoms with van der Waals surface area (Å²) in [7, 11) is 0. The van der Waals surface area contributed by atoms with Crippen LogP contribution in [0.4, 0.5) is 4.79 Å². The number of hydrogen-bond donors (Lipinski definition) is 2. The van der Waals surface area contributed by atoms with Crippen LogP contribution in [0.15, 0.2) is 76.3 Å². The number of carbonyl (C=O) groups is 3. The van der Waals surface area contributed by atoms with Gasteiger partial charge in [0.25, 0.3) is 5.56 Å². The summed E-state index contributed by atoms with van der Waals surface area (Å²) in [5.41, 5.74) is 1.09. The number of barbiturate groups is 1. The number of nitrogens with one attached hydrogen (secondary N) is 2. The van der Waals surface area contributed by atoms with Crippen molar-refractivity contribution in [2.24, 2.45) is 0 Å². The number of halogens is 1. The molecule has 0 radical (unpaired) electrons. The Morgan fingerprint density at radius 1 is 0.825 bits per heavy atom. The van der Waals surface area contributed by atoms with Gasteiger partial charge in [0.15, 0.2) is 0 Å². The Bertz CT molecular complexity index is 1360. The van der Waals surface area contributed by atoms with Gasteiger partial charge in [-0.1, -0.05) is 72.3 Å². The van der Waals surface area contributed by atoms with E-state index in [0.717, 1.165) is 20.6 Å². The predicted molar refractivity (Wildman–Crippen MR) is 148 cm³/mol. The number of aromatic nitrogens is 2. The highest BCUT2D eigenvalue weighted by Gasteiger charge is 2.34. The number of imide groups is 2. The topological polar surface area (TPSA) is 140 Å². The largest absolute Gasteiger partial charge is 0.375 e. The van der Waals surface area contributed by atoms with E-state index < -0.39 is 35.1 Å². The van der Waals surface area contributed by atoms with Gasteiger partial charge in [0.2, 0.25) is 11.8 Å². The molecule has 4 amide bonds. The van der Waals surface area contributed by atoms with E-state index in [1.807, 2.05) is 60.7 Å². The molecule has 2 heterocycles. The predicted octanol–water partition coefficient (Wildman–Crippen LogP) is 3.03. The third-order valence-corrected chi connectivity index (χ3v) is 6.00. The number of benzene rings is 2. The van der Waals surface area contributed by atoms with Crippen molar-refractivity contribution in [2.75, 3.05) is 13.2 Å². The fraction of sp³-hybridized carbons (Fsp3) is 0.321. The summed E-state index contributed by atoms with van der Waals surface area (Å²) in [6.45, 7) is 4.79. The second-order valence-electron chi connectivity index (χ2n) is 9.12. The summed E-state index contributed by atoms with van der Waals surface area (Å²) in [6, 6.07) is 19.0. The van der Waals surface area contributed by atoms with E-state index in [4.69, 9.17) is 21.1 Å². The minimum absolute atomic E-state index is 0.0358. The van der Waals surface area contributed by atoms with Gasteiger partial charge in [-0.05, 0) is 25.0 Å².